The van der Waals surface area contributed by atoms with E-state index in [0.29, 0.717) is 33.5 Å². The molecule has 2 aromatic rings. The Morgan fingerprint density at radius 2 is 1.68 bits per heavy atom. The summed E-state index contributed by atoms with van der Waals surface area (Å²) in [5.41, 5.74) is 1.96. The molecule has 7 heteroatoms. The first-order valence-electron chi connectivity index (χ1n) is 9.24. The molecule has 0 bridgehead atoms. The van der Waals surface area contributed by atoms with E-state index >= 15 is 0 Å². The molecule has 28 heavy (non-hydrogen) atoms. The van der Waals surface area contributed by atoms with Crippen LogP contribution in [-0.2, 0) is 0 Å². The zero-order valence-corrected chi connectivity index (χ0v) is 17.1. The summed E-state index contributed by atoms with van der Waals surface area (Å²) in [6.45, 7) is 2.02. The van der Waals surface area contributed by atoms with E-state index in [-0.39, 0.29) is 5.91 Å². The van der Waals surface area contributed by atoms with Crippen molar-refractivity contribution in [3.63, 3.8) is 0 Å². The van der Waals surface area contributed by atoms with Crippen LogP contribution in [0, 0.1) is 0 Å². The lowest BCUT2D eigenvalue weighted by atomic mass is 10.1. The first kappa shape index (κ1) is 20.1. The summed E-state index contributed by atoms with van der Waals surface area (Å²) in [5, 5.41) is 3.50. The van der Waals surface area contributed by atoms with Gasteiger partial charge < -0.3 is 24.4 Å². The van der Waals surface area contributed by atoms with E-state index in [1.807, 2.05) is 12.1 Å². The molecule has 0 spiro atoms. The molecule has 0 saturated carbocycles. The van der Waals surface area contributed by atoms with Gasteiger partial charge in [-0.1, -0.05) is 11.6 Å². The van der Waals surface area contributed by atoms with Gasteiger partial charge in [0.15, 0.2) is 11.5 Å². The van der Waals surface area contributed by atoms with Crippen molar-refractivity contribution in [1.29, 1.82) is 0 Å². The number of carbonyl (C=O) groups excluding carboxylic acids is 1. The molecule has 0 radical (unpaired) electrons. The van der Waals surface area contributed by atoms with Crippen molar-refractivity contribution in [3.05, 3.63) is 40.9 Å². The molecule has 0 unspecified atom stereocenters. The van der Waals surface area contributed by atoms with Crippen molar-refractivity contribution >= 4 is 28.9 Å². The maximum Gasteiger partial charge on any atom is 0.259 e. The number of benzene rings is 2. The molecule has 3 rings (SSSR count). The third-order valence-corrected chi connectivity index (χ3v) is 5.15. The lowest BCUT2D eigenvalue weighted by Gasteiger charge is -2.29. The van der Waals surface area contributed by atoms with Crippen molar-refractivity contribution in [2.24, 2.45) is 0 Å². The monoisotopic (exact) mass is 404 g/mol. The lowest BCUT2D eigenvalue weighted by Crippen LogP contribution is -2.29. The summed E-state index contributed by atoms with van der Waals surface area (Å²) in [6, 6.07) is 8.90. The third-order valence-electron chi connectivity index (χ3n) is 4.85. The second-order valence-corrected chi connectivity index (χ2v) is 6.96. The number of hydrogen-bond donors (Lipinski definition) is 1. The van der Waals surface area contributed by atoms with Gasteiger partial charge >= 0.3 is 0 Å². The van der Waals surface area contributed by atoms with Crippen LogP contribution in [0.1, 0.15) is 29.6 Å². The van der Waals surface area contributed by atoms with E-state index in [1.54, 1.807) is 18.2 Å². The normalized spacial score (nSPS) is 13.8. The Bertz CT molecular complexity index is 851. The molecule has 0 aromatic heterocycles. The molecular formula is C21H25ClN2O4. The minimum atomic E-state index is -0.320. The van der Waals surface area contributed by atoms with Crippen molar-refractivity contribution in [1.82, 2.24) is 0 Å². The Balaban J connectivity index is 1.82. The summed E-state index contributed by atoms with van der Waals surface area (Å²) in [7, 11) is 4.52. The number of anilines is 2. The Hall–Kier alpha value is -2.60. The second-order valence-electron chi connectivity index (χ2n) is 6.55. The zero-order valence-electron chi connectivity index (χ0n) is 16.4. The van der Waals surface area contributed by atoms with Crippen LogP contribution in [0.2, 0.25) is 5.02 Å². The van der Waals surface area contributed by atoms with Gasteiger partial charge in [0, 0.05) is 18.8 Å². The van der Waals surface area contributed by atoms with Crippen LogP contribution in [0.15, 0.2) is 30.3 Å². The highest BCUT2D eigenvalue weighted by molar-refractivity contribution is 6.33. The standard InChI is InChI=1S/C21H25ClN2O4/c1-26-18-10-8-15(19(27-2)20(18)28-3)21(25)23-14-7-9-17(16(22)13-14)24-11-5-4-6-12-24/h7-10,13H,4-6,11-12H2,1-3H3,(H,23,25). The number of carbonyl (C=O) groups is 1. The van der Waals surface area contributed by atoms with Crippen molar-refractivity contribution in [2.45, 2.75) is 19.3 Å². The molecule has 1 N–H and O–H groups in total. The molecule has 150 valence electrons. The predicted octanol–water partition coefficient (Wildman–Crippen LogP) is 4.61. The Morgan fingerprint density at radius 1 is 0.964 bits per heavy atom. The Kier molecular flexibility index (Phi) is 6.52. The quantitative estimate of drug-likeness (QED) is 0.761. The minimum absolute atomic E-state index is 0.315. The summed E-state index contributed by atoms with van der Waals surface area (Å²) in [6.07, 6.45) is 3.61. The number of nitrogens with zero attached hydrogens (tertiary/aromatic N) is 1. The van der Waals surface area contributed by atoms with E-state index in [1.165, 1.54) is 40.6 Å². The first-order chi connectivity index (χ1) is 13.6. The van der Waals surface area contributed by atoms with Gasteiger partial charge in [-0.25, -0.2) is 0 Å². The molecule has 1 saturated heterocycles. The average Bonchev–Trinajstić information content (AvgIpc) is 2.73. The molecule has 2 aromatic carbocycles. The topological polar surface area (TPSA) is 60.0 Å². The number of hydrogen-bond acceptors (Lipinski definition) is 5. The van der Waals surface area contributed by atoms with Crippen LogP contribution in [0.25, 0.3) is 0 Å². The Morgan fingerprint density at radius 3 is 2.29 bits per heavy atom. The highest BCUT2D eigenvalue weighted by atomic mass is 35.5. The van der Waals surface area contributed by atoms with Crippen LogP contribution < -0.4 is 24.4 Å². The molecule has 0 aliphatic carbocycles. The predicted molar refractivity (Wildman–Crippen MR) is 112 cm³/mol. The zero-order chi connectivity index (χ0) is 20.1. The van der Waals surface area contributed by atoms with Gasteiger partial charge in [-0.3, -0.25) is 4.79 Å². The fraction of sp³-hybridized carbons (Fsp3) is 0.381. The average molecular weight is 405 g/mol. The number of rotatable bonds is 6. The second kappa shape index (κ2) is 9.06. The first-order valence-corrected chi connectivity index (χ1v) is 9.61. The van der Waals surface area contributed by atoms with Crippen LogP contribution >= 0.6 is 11.6 Å². The summed E-state index contributed by atoms with van der Waals surface area (Å²) < 4.78 is 16.0. The molecule has 1 aliphatic heterocycles. The van der Waals surface area contributed by atoms with Gasteiger partial charge in [-0.2, -0.15) is 0 Å². The molecule has 6 nitrogen and oxygen atoms in total. The van der Waals surface area contributed by atoms with Crippen molar-refractivity contribution in [2.75, 3.05) is 44.6 Å². The van der Waals surface area contributed by atoms with Gasteiger partial charge in [0.1, 0.15) is 0 Å². The third kappa shape index (κ3) is 4.12. The molecular weight excluding hydrogens is 380 g/mol. The minimum Gasteiger partial charge on any atom is -0.493 e. The maximum absolute atomic E-state index is 12.8. The summed E-state index contributed by atoms with van der Waals surface area (Å²) in [4.78, 5) is 15.1. The number of ether oxygens (including phenoxy) is 3. The molecule has 1 fully saturated rings. The van der Waals surface area contributed by atoms with Gasteiger partial charge in [-0.05, 0) is 49.6 Å². The van der Waals surface area contributed by atoms with E-state index in [9.17, 15) is 4.79 Å². The summed E-state index contributed by atoms with van der Waals surface area (Å²) >= 11 is 6.48. The number of piperidine rings is 1. The molecule has 1 aliphatic rings. The van der Waals surface area contributed by atoms with Gasteiger partial charge in [0.25, 0.3) is 5.91 Å². The number of methoxy groups -OCH3 is 3. The van der Waals surface area contributed by atoms with Crippen LogP contribution in [-0.4, -0.2) is 40.3 Å². The maximum atomic E-state index is 12.8. The van der Waals surface area contributed by atoms with Crippen LogP contribution in [0.3, 0.4) is 0 Å². The van der Waals surface area contributed by atoms with Crippen LogP contribution in [0.5, 0.6) is 17.2 Å². The highest BCUT2D eigenvalue weighted by Gasteiger charge is 2.21. The fourth-order valence-corrected chi connectivity index (χ4v) is 3.75. The van der Waals surface area contributed by atoms with Gasteiger partial charge in [0.2, 0.25) is 5.75 Å². The molecule has 0 atom stereocenters. The smallest absolute Gasteiger partial charge is 0.259 e. The van der Waals surface area contributed by atoms with E-state index in [4.69, 9.17) is 25.8 Å². The van der Waals surface area contributed by atoms with Crippen molar-refractivity contribution in [3.8, 4) is 17.2 Å². The summed E-state index contributed by atoms with van der Waals surface area (Å²) in [5.74, 6) is 0.857. The molecule has 1 amide bonds. The van der Waals surface area contributed by atoms with Crippen molar-refractivity contribution < 1.29 is 19.0 Å². The largest absolute Gasteiger partial charge is 0.493 e. The van der Waals surface area contributed by atoms with Gasteiger partial charge in [0.05, 0.1) is 37.6 Å². The lowest BCUT2D eigenvalue weighted by molar-refractivity contribution is 0.102. The van der Waals surface area contributed by atoms with Gasteiger partial charge in [-0.15, -0.1) is 0 Å². The number of nitrogens with one attached hydrogen (secondary N) is 1. The van der Waals surface area contributed by atoms with E-state index in [2.05, 4.69) is 10.2 Å². The van der Waals surface area contributed by atoms with E-state index in [0.717, 1.165) is 18.8 Å². The highest BCUT2D eigenvalue weighted by Crippen LogP contribution is 2.40. The van der Waals surface area contributed by atoms with E-state index < -0.39 is 0 Å². The number of halogens is 1. The number of amides is 1. The SMILES string of the molecule is COc1ccc(C(=O)Nc2ccc(N3CCCCC3)c(Cl)c2)c(OC)c1OC. The van der Waals surface area contributed by atoms with Crippen LogP contribution in [0.4, 0.5) is 11.4 Å². The Labute approximate surface area is 170 Å². The fourth-order valence-electron chi connectivity index (χ4n) is 3.45. The molecule has 1 heterocycles.